The smallest absolute Gasteiger partial charge is 0.302 e. The van der Waals surface area contributed by atoms with Gasteiger partial charge in [0.15, 0.2) is 0 Å². The molecule has 3 aliphatic rings. The van der Waals surface area contributed by atoms with Gasteiger partial charge in [0.05, 0.1) is 6.04 Å². The van der Waals surface area contributed by atoms with Crippen LogP contribution in [0.1, 0.15) is 31.7 Å². The number of nitrogens with zero attached hydrogens (tertiary/aromatic N) is 1. The summed E-state index contributed by atoms with van der Waals surface area (Å²) in [4.78, 5) is 25.5. The number of ether oxygens (including phenoxy) is 1. The Bertz CT molecular complexity index is 514. The van der Waals surface area contributed by atoms with E-state index in [1.165, 1.54) is 6.92 Å². The van der Waals surface area contributed by atoms with E-state index in [0.717, 1.165) is 18.4 Å². The van der Waals surface area contributed by atoms with E-state index in [0.29, 0.717) is 13.0 Å². The first kappa shape index (κ1) is 13.2. The fourth-order valence-electron chi connectivity index (χ4n) is 3.41. The first-order chi connectivity index (χ1) is 9.65. The van der Waals surface area contributed by atoms with E-state index < -0.39 is 0 Å². The molecule has 4 heteroatoms. The van der Waals surface area contributed by atoms with Crippen LogP contribution >= 0.6 is 0 Å². The molecule has 3 atom stereocenters. The Morgan fingerprint density at radius 2 is 2.05 bits per heavy atom. The number of piperidine rings is 2. The van der Waals surface area contributed by atoms with Crippen molar-refractivity contribution in [3.63, 3.8) is 0 Å². The second-order valence-corrected chi connectivity index (χ2v) is 5.68. The summed E-state index contributed by atoms with van der Waals surface area (Å²) in [6, 6.07) is 10.0. The molecule has 3 fully saturated rings. The summed E-state index contributed by atoms with van der Waals surface area (Å²) >= 11 is 0. The van der Waals surface area contributed by atoms with Crippen LogP contribution in [0.4, 0.5) is 0 Å². The number of amides is 1. The second kappa shape index (κ2) is 5.27. The van der Waals surface area contributed by atoms with Crippen molar-refractivity contribution in [1.29, 1.82) is 0 Å². The Kier molecular flexibility index (Phi) is 3.47. The van der Waals surface area contributed by atoms with Gasteiger partial charge in [-0.05, 0) is 24.8 Å². The van der Waals surface area contributed by atoms with Gasteiger partial charge in [-0.1, -0.05) is 30.3 Å². The van der Waals surface area contributed by atoms with Crippen LogP contribution in [-0.2, 0) is 20.9 Å². The number of hydrogen-bond acceptors (Lipinski definition) is 3. The average Bonchev–Trinajstić information content (AvgIpc) is 2.44. The Hall–Kier alpha value is -1.84. The number of carbonyl (C=O) groups is 2. The largest absolute Gasteiger partial charge is 0.460 e. The molecule has 1 aliphatic carbocycles. The molecule has 106 valence electrons. The lowest BCUT2D eigenvalue weighted by Gasteiger charge is -2.48. The number of fused-ring (bicyclic) bond motifs is 3. The van der Waals surface area contributed by atoms with Crippen molar-refractivity contribution in [1.82, 2.24) is 4.90 Å². The zero-order valence-electron chi connectivity index (χ0n) is 11.6. The molecule has 4 nitrogen and oxygen atoms in total. The summed E-state index contributed by atoms with van der Waals surface area (Å²) in [5.41, 5.74) is 1.12. The average molecular weight is 273 g/mol. The van der Waals surface area contributed by atoms with E-state index in [2.05, 4.69) is 0 Å². The molecular formula is C16H19NO3. The quantitative estimate of drug-likeness (QED) is 0.793. The Labute approximate surface area is 118 Å². The van der Waals surface area contributed by atoms with Gasteiger partial charge in [-0.15, -0.1) is 0 Å². The van der Waals surface area contributed by atoms with Crippen LogP contribution in [0.15, 0.2) is 30.3 Å². The van der Waals surface area contributed by atoms with E-state index in [9.17, 15) is 9.59 Å². The van der Waals surface area contributed by atoms with E-state index in [1.807, 2.05) is 35.2 Å². The second-order valence-electron chi connectivity index (χ2n) is 5.68. The van der Waals surface area contributed by atoms with Crippen LogP contribution in [0.25, 0.3) is 0 Å². The molecule has 2 saturated heterocycles. The molecule has 4 rings (SSSR count). The Morgan fingerprint density at radius 1 is 1.30 bits per heavy atom. The highest BCUT2D eigenvalue weighted by molar-refractivity contribution is 5.81. The molecular weight excluding hydrogens is 254 g/mol. The summed E-state index contributed by atoms with van der Waals surface area (Å²) in [6.45, 7) is 2.05. The number of carbonyl (C=O) groups excluding carboxylic acids is 2. The van der Waals surface area contributed by atoms with E-state index >= 15 is 0 Å². The Morgan fingerprint density at radius 3 is 2.75 bits per heavy atom. The van der Waals surface area contributed by atoms with Crippen molar-refractivity contribution in [2.24, 2.45) is 5.92 Å². The van der Waals surface area contributed by atoms with Crippen molar-refractivity contribution in [3.8, 4) is 0 Å². The summed E-state index contributed by atoms with van der Waals surface area (Å²) < 4.78 is 5.41. The predicted octanol–water partition coefficient (Wildman–Crippen LogP) is 2.13. The standard InChI is InChI=1S/C16H19NO3/c1-11(18)20-15-9-13-7-8-14(15)17(16(13)19)10-12-5-3-2-4-6-12/h2-6,13-15H,7-10H2,1H3/t13-,14+,15+/m0/s1. The SMILES string of the molecule is CC(=O)O[C@@H]1C[C@@H]2CC[C@H]1N(Cc1ccccc1)C2=O. The topological polar surface area (TPSA) is 46.6 Å². The third-order valence-corrected chi connectivity index (χ3v) is 4.30. The van der Waals surface area contributed by atoms with Crippen LogP contribution in [0.2, 0.25) is 0 Å². The summed E-state index contributed by atoms with van der Waals surface area (Å²) in [7, 11) is 0. The maximum atomic E-state index is 12.4. The van der Waals surface area contributed by atoms with Gasteiger partial charge in [-0.25, -0.2) is 0 Å². The number of rotatable bonds is 3. The lowest BCUT2D eigenvalue weighted by molar-refractivity contribution is -0.171. The number of esters is 1. The van der Waals surface area contributed by atoms with Gasteiger partial charge in [-0.2, -0.15) is 0 Å². The zero-order valence-corrected chi connectivity index (χ0v) is 11.6. The summed E-state index contributed by atoms with van der Waals surface area (Å²) in [5.74, 6) is -0.0174. The van der Waals surface area contributed by atoms with E-state index in [4.69, 9.17) is 4.74 Å². The molecule has 1 aromatic carbocycles. The predicted molar refractivity (Wildman–Crippen MR) is 73.7 cm³/mol. The fourth-order valence-corrected chi connectivity index (χ4v) is 3.41. The Balaban J connectivity index is 1.78. The van der Waals surface area contributed by atoms with Gasteiger partial charge in [0.1, 0.15) is 6.10 Å². The lowest BCUT2D eigenvalue weighted by Crippen LogP contribution is -2.59. The van der Waals surface area contributed by atoms with Gasteiger partial charge in [0.25, 0.3) is 0 Å². The molecule has 0 N–H and O–H groups in total. The minimum Gasteiger partial charge on any atom is -0.460 e. The maximum absolute atomic E-state index is 12.4. The first-order valence-electron chi connectivity index (χ1n) is 7.17. The van der Waals surface area contributed by atoms with Gasteiger partial charge in [0.2, 0.25) is 5.91 Å². The lowest BCUT2D eigenvalue weighted by atomic mass is 9.77. The van der Waals surface area contributed by atoms with Crippen molar-refractivity contribution >= 4 is 11.9 Å². The van der Waals surface area contributed by atoms with Crippen LogP contribution in [0.5, 0.6) is 0 Å². The van der Waals surface area contributed by atoms with E-state index in [-0.39, 0.29) is 29.9 Å². The molecule has 1 amide bonds. The molecule has 1 aromatic rings. The van der Waals surface area contributed by atoms with Crippen molar-refractivity contribution in [3.05, 3.63) is 35.9 Å². The third kappa shape index (κ3) is 2.42. The van der Waals surface area contributed by atoms with Crippen LogP contribution in [0.3, 0.4) is 0 Å². The molecule has 0 aromatic heterocycles. The summed E-state index contributed by atoms with van der Waals surface area (Å²) in [5, 5.41) is 0. The molecule has 2 aliphatic heterocycles. The number of benzene rings is 1. The molecule has 1 saturated carbocycles. The highest BCUT2D eigenvalue weighted by atomic mass is 16.5. The minimum absolute atomic E-state index is 0.0214. The van der Waals surface area contributed by atoms with Gasteiger partial charge in [0, 0.05) is 19.4 Å². The molecule has 0 spiro atoms. The van der Waals surface area contributed by atoms with Gasteiger partial charge in [-0.3, -0.25) is 9.59 Å². The van der Waals surface area contributed by atoms with Crippen molar-refractivity contribution in [2.75, 3.05) is 0 Å². The van der Waals surface area contributed by atoms with Crippen LogP contribution in [-0.4, -0.2) is 28.9 Å². The fraction of sp³-hybridized carbons (Fsp3) is 0.500. The molecule has 0 unspecified atom stereocenters. The highest BCUT2D eigenvalue weighted by Gasteiger charge is 2.47. The van der Waals surface area contributed by atoms with Crippen molar-refractivity contribution in [2.45, 2.75) is 44.9 Å². The summed E-state index contributed by atoms with van der Waals surface area (Å²) in [6.07, 6.45) is 2.41. The normalized spacial score (nSPS) is 28.6. The van der Waals surface area contributed by atoms with Gasteiger partial charge >= 0.3 is 5.97 Å². The van der Waals surface area contributed by atoms with Crippen LogP contribution < -0.4 is 0 Å². The minimum atomic E-state index is -0.255. The van der Waals surface area contributed by atoms with E-state index in [1.54, 1.807) is 0 Å². The molecule has 0 radical (unpaired) electrons. The first-order valence-corrected chi connectivity index (χ1v) is 7.17. The zero-order chi connectivity index (χ0) is 14.1. The molecule has 2 bridgehead atoms. The monoisotopic (exact) mass is 273 g/mol. The molecule has 20 heavy (non-hydrogen) atoms. The van der Waals surface area contributed by atoms with Crippen LogP contribution in [0, 0.1) is 5.92 Å². The number of hydrogen-bond donors (Lipinski definition) is 0. The molecule has 2 heterocycles. The maximum Gasteiger partial charge on any atom is 0.302 e. The van der Waals surface area contributed by atoms with Crippen molar-refractivity contribution < 1.29 is 14.3 Å². The third-order valence-electron chi connectivity index (χ3n) is 4.30. The highest BCUT2D eigenvalue weighted by Crippen LogP contribution is 2.38. The van der Waals surface area contributed by atoms with Gasteiger partial charge < -0.3 is 9.64 Å².